The summed E-state index contributed by atoms with van der Waals surface area (Å²) in [6.07, 6.45) is 2.85. The van der Waals surface area contributed by atoms with Crippen molar-refractivity contribution >= 4 is 39.4 Å². The molecule has 0 saturated heterocycles. The zero-order chi connectivity index (χ0) is 23.5. The van der Waals surface area contributed by atoms with Gasteiger partial charge in [-0.2, -0.15) is 0 Å². The van der Waals surface area contributed by atoms with E-state index < -0.39 is 12.1 Å². The molecule has 5 rings (SSSR count). The lowest BCUT2D eigenvalue weighted by molar-refractivity contribution is -0.124. The van der Waals surface area contributed by atoms with Gasteiger partial charge < -0.3 is 15.0 Å². The van der Waals surface area contributed by atoms with E-state index in [4.69, 9.17) is 4.74 Å². The Kier molecular flexibility index (Phi) is 5.74. The van der Waals surface area contributed by atoms with Crippen LogP contribution in [0.15, 0.2) is 85.2 Å². The van der Waals surface area contributed by atoms with Crippen molar-refractivity contribution in [1.82, 2.24) is 15.0 Å². The third-order valence-electron chi connectivity index (χ3n) is 5.58. The highest BCUT2D eigenvalue weighted by atomic mass is 16.5. The molecule has 34 heavy (non-hydrogen) atoms. The molecule has 1 unspecified atom stereocenters. The van der Waals surface area contributed by atoms with Crippen LogP contribution < -0.4 is 5.32 Å². The van der Waals surface area contributed by atoms with Gasteiger partial charge in [-0.15, -0.1) is 0 Å². The van der Waals surface area contributed by atoms with E-state index in [0.717, 1.165) is 21.9 Å². The molecule has 168 valence electrons. The average Bonchev–Trinajstić information content (AvgIpc) is 3.31. The van der Waals surface area contributed by atoms with Gasteiger partial charge in [0.25, 0.3) is 5.91 Å². The van der Waals surface area contributed by atoms with Crippen LogP contribution in [-0.2, 0) is 9.53 Å². The Morgan fingerprint density at radius 2 is 1.85 bits per heavy atom. The molecule has 1 amide bonds. The molecule has 0 aliphatic rings. The van der Waals surface area contributed by atoms with Crippen LogP contribution in [0.5, 0.6) is 0 Å². The number of rotatable bonds is 6. The standard InChI is InChI=1S/C27H22N4O3/c1-2-24(26(32)29-21-11-9-17-6-3-4-7-18(17)14-21)34-27(33)19-10-12-22-23(15-19)31-25(30-22)20-8-5-13-28-16-20/h3-16,24H,2H2,1H3,(H,29,32)(H,30,31). The first kappa shape index (κ1) is 21.3. The van der Waals surface area contributed by atoms with Crippen molar-refractivity contribution in [2.45, 2.75) is 19.4 Å². The number of aromatic amines is 1. The number of nitrogens with one attached hydrogen (secondary N) is 2. The molecule has 7 heteroatoms. The number of carbonyl (C=O) groups is 2. The predicted octanol–water partition coefficient (Wildman–Crippen LogP) is 5.35. The second-order valence-corrected chi connectivity index (χ2v) is 7.91. The number of esters is 1. The summed E-state index contributed by atoms with van der Waals surface area (Å²) >= 11 is 0. The summed E-state index contributed by atoms with van der Waals surface area (Å²) in [6, 6.07) is 22.4. The van der Waals surface area contributed by atoms with Gasteiger partial charge in [-0.1, -0.05) is 37.3 Å². The van der Waals surface area contributed by atoms with Crippen molar-refractivity contribution in [2.24, 2.45) is 0 Å². The SMILES string of the molecule is CCC(OC(=O)c1ccc2nc(-c3cccnc3)[nH]c2c1)C(=O)Nc1ccc2ccccc2c1. The smallest absolute Gasteiger partial charge is 0.338 e. The fourth-order valence-electron chi connectivity index (χ4n) is 3.79. The van der Waals surface area contributed by atoms with E-state index in [2.05, 4.69) is 20.3 Å². The maximum Gasteiger partial charge on any atom is 0.338 e. The molecule has 0 aliphatic carbocycles. The van der Waals surface area contributed by atoms with Crippen LogP contribution in [0, 0.1) is 0 Å². The second-order valence-electron chi connectivity index (χ2n) is 7.91. The zero-order valence-corrected chi connectivity index (χ0v) is 18.5. The van der Waals surface area contributed by atoms with Gasteiger partial charge in [0.2, 0.25) is 0 Å². The van der Waals surface area contributed by atoms with Gasteiger partial charge in [-0.05, 0) is 59.7 Å². The van der Waals surface area contributed by atoms with Gasteiger partial charge >= 0.3 is 5.97 Å². The Balaban J connectivity index is 1.30. The molecule has 7 nitrogen and oxygen atoms in total. The minimum absolute atomic E-state index is 0.339. The Morgan fingerprint density at radius 3 is 2.65 bits per heavy atom. The normalized spacial score (nSPS) is 11.9. The third kappa shape index (κ3) is 4.36. The first-order chi connectivity index (χ1) is 16.6. The van der Waals surface area contributed by atoms with E-state index in [0.29, 0.717) is 29.0 Å². The number of imidazole rings is 1. The lowest BCUT2D eigenvalue weighted by atomic mass is 10.1. The first-order valence-corrected chi connectivity index (χ1v) is 11.0. The minimum atomic E-state index is -0.914. The molecule has 0 radical (unpaired) electrons. The maximum absolute atomic E-state index is 12.8. The molecule has 3 aromatic carbocycles. The van der Waals surface area contributed by atoms with E-state index in [1.807, 2.05) is 54.6 Å². The number of carbonyl (C=O) groups excluding carboxylic acids is 2. The Bertz CT molecular complexity index is 1490. The molecule has 2 N–H and O–H groups in total. The van der Waals surface area contributed by atoms with Crippen LogP contribution in [-0.4, -0.2) is 32.9 Å². The number of hydrogen-bond donors (Lipinski definition) is 2. The monoisotopic (exact) mass is 450 g/mol. The zero-order valence-electron chi connectivity index (χ0n) is 18.5. The molecule has 1 atom stereocenters. The number of benzene rings is 3. The topological polar surface area (TPSA) is 97.0 Å². The summed E-state index contributed by atoms with van der Waals surface area (Å²) in [5.74, 6) is -0.276. The molecule has 0 bridgehead atoms. The third-order valence-corrected chi connectivity index (χ3v) is 5.58. The summed E-state index contributed by atoms with van der Waals surface area (Å²) in [5, 5.41) is 4.96. The summed E-state index contributed by atoms with van der Waals surface area (Å²) in [5.41, 5.74) is 3.25. The quantitative estimate of drug-likeness (QED) is 0.340. The van der Waals surface area contributed by atoms with Crippen LogP contribution in [0.4, 0.5) is 5.69 Å². The van der Waals surface area contributed by atoms with Gasteiger partial charge in [0.1, 0.15) is 5.82 Å². The van der Waals surface area contributed by atoms with Crippen molar-refractivity contribution < 1.29 is 14.3 Å². The van der Waals surface area contributed by atoms with Crippen LogP contribution in [0.1, 0.15) is 23.7 Å². The largest absolute Gasteiger partial charge is 0.449 e. The van der Waals surface area contributed by atoms with Crippen LogP contribution >= 0.6 is 0 Å². The molecule has 5 aromatic rings. The highest BCUT2D eigenvalue weighted by Crippen LogP contribution is 2.22. The fourth-order valence-corrected chi connectivity index (χ4v) is 3.79. The Morgan fingerprint density at radius 1 is 1.00 bits per heavy atom. The molecule has 0 aliphatic heterocycles. The Labute approximate surface area is 195 Å². The number of amides is 1. The van der Waals surface area contributed by atoms with Crippen molar-refractivity contribution in [2.75, 3.05) is 5.32 Å². The second kappa shape index (κ2) is 9.15. The number of nitrogens with zero attached hydrogens (tertiary/aromatic N) is 2. The molecule has 0 saturated carbocycles. The number of aromatic nitrogens is 3. The number of fused-ring (bicyclic) bond motifs is 2. The average molecular weight is 450 g/mol. The molecule has 0 spiro atoms. The van der Waals surface area contributed by atoms with E-state index in [-0.39, 0.29) is 5.91 Å². The molecule has 0 fully saturated rings. The van der Waals surface area contributed by atoms with E-state index in [1.165, 1.54) is 0 Å². The predicted molar refractivity (Wildman–Crippen MR) is 131 cm³/mol. The van der Waals surface area contributed by atoms with Gasteiger partial charge in [0.05, 0.1) is 16.6 Å². The lowest BCUT2D eigenvalue weighted by Gasteiger charge is -2.16. The minimum Gasteiger partial charge on any atom is -0.449 e. The van der Waals surface area contributed by atoms with Crippen molar-refractivity contribution in [3.05, 3.63) is 90.8 Å². The van der Waals surface area contributed by atoms with Crippen molar-refractivity contribution in [3.63, 3.8) is 0 Å². The van der Waals surface area contributed by atoms with E-state index >= 15 is 0 Å². The molecule has 2 aromatic heterocycles. The van der Waals surface area contributed by atoms with E-state index in [9.17, 15) is 9.59 Å². The Hall–Kier alpha value is -4.52. The van der Waals surface area contributed by atoms with Crippen molar-refractivity contribution in [1.29, 1.82) is 0 Å². The molecular weight excluding hydrogens is 428 g/mol. The lowest BCUT2D eigenvalue weighted by Crippen LogP contribution is -2.32. The molecular formula is C27H22N4O3. The van der Waals surface area contributed by atoms with Crippen molar-refractivity contribution in [3.8, 4) is 11.4 Å². The first-order valence-electron chi connectivity index (χ1n) is 11.0. The number of hydrogen-bond acceptors (Lipinski definition) is 5. The highest BCUT2D eigenvalue weighted by Gasteiger charge is 2.22. The van der Waals surface area contributed by atoms with Crippen LogP contribution in [0.2, 0.25) is 0 Å². The molecule has 2 heterocycles. The summed E-state index contributed by atoms with van der Waals surface area (Å²) in [4.78, 5) is 37.5. The fraction of sp³-hybridized carbons (Fsp3) is 0.111. The number of pyridine rings is 1. The van der Waals surface area contributed by atoms with Gasteiger partial charge in [0.15, 0.2) is 6.10 Å². The van der Waals surface area contributed by atoms with Gasteiger partial charge in [-0.25, -0.2) is 9.78 Å². The number of ether oxygens (including phenoxy) is 1. The summed E-state index contributed by atoms with van der Waals surface area (Å²) in [7, 11) is 0. The highest BCUT2D eigenvalue weighted by molar-refractivity contribution is 6.00. The van der Waals surface area contributed by atoms with Crippen LogP contribution in [0.3, 0.4) is 0 Å². The number of anilines is 1. The maximum atomic E-state index is 12.8. The van der Waals surface area contributed by atoms with Gasteiger partial charge in [0, 0.05) is 23.6 Å². The number of H-pyrrole nitrogens is 1. The summed E-state index contributed by atoms with van der Waals surface area (Å²) in [6.45, 7) is 1.80. The van der Waals surface area contributed by atoms with E-state index in [1.54, 1.807) is 37.5 Å². The summed E-state index contributed by atoms with van der Waals surface area (Å²) < 4.78 is 5.55. The van der Waals surface area contributed by atoms with Crippen LogP contribution in [0.25, 0.3) is 33.2 Å². The van der Waals surface area contributed by atoms with Gasteiger partial charge in [-0.3, -0.25) is 9.78 Å².